The second-order valence-corrected chi connectivity index (χ2v) is 4.15. The van der Waals surface area contributed by atoms with Gasteiger partial charge in [0.2, 0.25) is 0 Å². The third-order valence-electron chi connectivity index (χ3n) is 2.81. The quantitative estimate of drug-likeness (QED) is 0.853. The first-order chi connectivity index (χ1) is 10.2. The highest BCUT2D eigenvalue weighted by molar-refractivity contribution is 5.89. The number of esters is 1. The zero-order chi connectivity index (χ0) is 15.2. The minimum atomic E-state index is -0.419. The van der Waals surface area contributed by atoms with Crippen molar-refractivity contribution in [3.05, 3.63) is 42.1 Å². The Kier molecular flexibility index (Phi) is 4.61. The molecule has 0 saturated carbocycles. The van der Waals surface area contributed by atoms with Crippen LogP contribution in [0.4, 0.5) is 11.5 Å². The summed E-state index contributed by atoms with van der Waals surface area (Å²) in [4.78, 5) is 15.5. The average Bonchev–Trinajstić information content (AvgIpc) is 2.54. The van der Waals surface area contributed by atoms with Gasteiger partial charge in [-0.15, -0.1) is 0 Å². The van der Waals surface area contributed by atoms with Gasteiger partial charge in [-0.2, -0.15) is 0 Å². The average molecular weight is 288 g/mol. The van der Waals surface area contributed by atoms with Gasteiger partial charge in [0, 0.05) is 30.1 Å². The maximum absolute atomic E-state index is 11.3. The van der Waals surface area contributed by atoms with E-state index in [4.69, 9.17) is 9.47 Å². The monoisotopic (exact) mass is 288 g/mol. The van der Waals surface area contributed by atoms with Crippen molar-refractivity contribution in [3.63, 3.8) is 0 Å². The second-order valence-electron chi connectivity index (χ2n) is 4.15. The summed E-state index contributed by atoms with van der Waals surface area (Å²) in [6.45, 7) is 0. The van der Waals surface area contributed by atoms with Crippen molar-refractivity contribution in [2.75, 3.05) is 26.6 Å². The van der Waals surface area contributed by atoms with Crippen LogP contribution in [-0.2, 0) is 4.74 Å². The van der Waals surface area contributed by atoms with Crippen LogP contribution in [0, 0.1) is 0 Å². The first-order valence-electron chi connectivity index (χ1n) is 6.20. The van der Waals surface area contributed by atoms with Gasteiger partial charge in [0.25, 0.3) is 0 Å². The molecule has 21 heavy (non-hydrogen) atoms. The number of rotatable bonds is 5. The minimum Gasteiger partial charge on any atom is -0.497 e. The highest BCUT2D eigenvalue weighted by Crippen LogP contribution is 2.27. The zero-order valence-electron chi connectivity index (χ0n) is 12.0. The van der Waals surface area contributed by atoms with E-state index in [0.717, 1.165) is 5.69 Å². The lowest BCUT2D eigenvalue weighted by Gasteiger charge is -2.10. The lowest BCUT2D eigenvalue weighted by Crippen LogP contribution is -2.02. The molecule has 0 aliphatic rings. The maximum Gasteiger partial charge on any atom is 0.339 e. The molecule has 6 nitrogen and oxygen atoms in total. The topological polar surface area (TPSA) is 69.7 Å². The van der Waals surface area contributed by atoms with Gasteiger partial charge in [0.05, 0.1) is 26.9 Å². The Bertz CT molecular complexity index is 604. The number of carbonyl (C=O) groups excluding carboxylic acids is 1. The van der Waals surface area contributed by atoms with E-state index in [-0.39, 0.29) is 0 Å². The molecule has 0 fully saturated rings. The number of nitrogens with zero attached hydrogens (tertiary/aromatic N) is 1. The number of benzene rings is 1. The number of pyridine rings is 1. The number of methoxy groups -OCH3 is 3. The predicted molar refractivity (Wildman–Crippen MR) is 78.4 cm³/mol. The molecule has 0 saturated heterocycles. The molecule has 0 aliphatic heterocycles. The van der Waals surface area contributed by atoms with Gasteiger partial charge in [-0.25, -0.2) is 9.78 Å². The van der Waals surface area contributed by atoms with Crippen molar-refractivity contribution < 1.29 is 19.0 Å². The zero-order valence-corrected chi connectivity index (χ0v) is 12.0. The molecule has 1 aromatic carbocycles. The minimum absolute atomic E-state index is 0.395. The molecule has 1 aromatic heterocycles. The van der Waals surface area contributed by atoms with E-state index in [1.807, 2.05) is 12.1 Å². The first-order valence-corrected chi connectivity index (χ1v) is 6.20. The molecule has 0 bridgehead atoms. The predicted octanol–water partition coefficient (Wildman–Crippen LogP) is 2.63. The van der Waals surface area contributed by atoms with Crippen LogP contribution in [0.3, 0.4) is 0 Å². The fourth-order valence-corrected chi connectivity index (χ4v) is 1.73. The molecule has 110 valence electrons. The third-order valence-corrected chi connectivity index (χ3v) is 2.81. The van der Waals surface area contributed by atoms with Crippen LogP contribution in [0.15, 0.2) is 36.5 Å². The van der Waals surface area contributed by atoms with Gasteiger partial charge in [-0.3, -0.25) is 0 Å². The van der Waals surface area contributed by atoms with Gasteiger partial charge < -0.3 is 19.5 Å². The molecule has 2 aromatic rings. The van der Waals surface area contributed by atoms with E-state index in [9.17, 15) is 4.79 Å². The van der Waals surface area contributed by atoms with Crippen LogP contribution in [0.2, 0.25) is 0 Å². The number of ether oxygens (including phenoxy) is 3. The van der Waals surface area contributed by atoms with E-state index < -0.39 is 5.97 Å². The Labute approximate surface area is 122 Å². The smallest absolute Gasteiger partial charge is 0.339 e. The van der Waals surface area contributed by atoms with E-state index >= 15 is 0 Å². The van der Waals surface area contributed by atoms with Crippen LogP contribution >= 0.6 is 0 Å². The van der Waals surface area contributed by atoms with E-state index in [2.05, 4.69) is 15.0 Å². The number of nitrogens with one attached hydrogen (secondary N) is 1. The third kappa shape index (κ3) is 3.62. The van der Waals surface area contributed by atoms with Crippen molar-refractivity contribution in [1.29, 1.82) is 0 Å². The van der Waals surface area contributed by atoms with Crippen molar-refractivity contribution in [3.8, 4) is 11.5 Å². The van der Waals surface area contributed by atoms with Crippen molar-refractivity contribution >= 4 is 17.5 Å². The Hall–Kier alpha value is -2.76. The molecular formula is C15H16N2O4. The maximum atomic E-state index is 11.3. The first kappa shape index (κ1) is 14.6. The van der Waals surface area contributed by atoms with Crippen LogP contribution in [0.5, 0.6) is 11.5 Å². The highest BCUT2D eigenvalue weighted by Gasteiger charge is 2.06. The van der Waals surface area contributed by atoms with Crippen molar-refractivity contribution in [2.45, 2.75) is 0 Å². The lowest BCUT2D eigenvalue weighted by molar-refractivity contribution is 0.0600. The van der Waals surface area contributed by atoms with Crippen molar-refractivity contribution in [1.82, 2.24) is 4.98 Å². The lowest BCUT2D eigenvalue weighted by atomic mass is 10.2. The summed E-state index contributed by atoms with van der Waals surface area (Å²) in [5, 5.41) is 3.11. The second kappa shape index (κ2) is 6.60. The molecule has 0 spiro atoms. The van der Waals surface area contributed by atoms with Gasteiger partial charge in [-0.1, -0.05) is 0 Å². The fraction of sp³-hybridized carbons (Fsp3) is 0.200. The van der Waals surface area contributed by atoms with Crippen molar-refractivity contribution in [2.24, 2.45) is 0 Å². The van der Waals surface area contributed by atoms with E-state index in [1.54, 1.807) is 32.4 Å². The molecule has 0 unspecified atom stereocenters. The van der Waals surface area contributed by atoms with Gasteiger partial charge in [0.1, 0.15) is 17.3 Å². The van der Waals surface area contributed by atoms with Gasteiger partial charge in [-0.05, 0) is 12.1 Å². The van der Waals surface area contributed by atoms with Crippen LogP contribution in [0.25, 0.3) is 0 Å². The number of hydrogen-bond donors (Lipinski definition) is 1. The van der Waals surface area contributed by atoms with Crippen LogP contribution < -0.4 is 14.8 Å². The van der Waals surface area contributed by atoms with E-state index in [0.29, 0.717) is 22.9 Å². The molecule has 0 radical (unpaired) electrons. The Morgan fingerprint density at radius 2 is 1.71 bits per heavy atom. The Morgan fingerprint density at radius 3 is 2.19 bits per heavy atom. The molecule has 2 rings (SSSR count). The number of carbonyl (C=O) groups is 1. The summed E-state index contributed by atoms with van der Waals surface area (Å²) < 4.78 is 15.0. The van der Waals surface area contributed by atoms with Gasteiger partial charge >= 0.3 is 5.97 Å². The van der Waals surface area contributed by atoms with Gasteiger partial charge in [0.15, 0.2) is 0 Å². The standard InChI is InChI=1S/C15H16N2O4/c1-19-12-6-11(7-13(8-12)20-2)17-14-5-4-10(9-16-14)15(18)21-3/h4-9H,1-3H3,(H,16,17). The normalized spacial score (nSPS) is 9.86. The molecule has 6 heteroatoms. The largest absolute Gasteiger partial charge is 0.497 e. The molecule has 1 heterocycles. The fourth-order valence-electron chi connectivity index (χ4n) is 1.73. The summed E-state index contributed by atoms with van der Waals surface area (Å²) in [5.41, 5.74) is 1.16. The molecule has 0 atom stereocenters. The SMILES string of the molecule is COC(=O)c1ccc(Nc2cc(OC)cc(OC)c2)nc1. The molecular weight excluding hydrogens is 272 g/mol. The van der Waals surface area contributed by atoms with E-state index in [1.165, 1.54) is 13.3 Å². The molecule has 0 amide bonds. The summed E-state index contributed by atoms with van der Waals surface area (Å²) in [6.07, 6.45) is 1.45. The summed E-state index contributed by atoms with van der Waals surface area (Å²) in [5.74, 6) is 1.51. The van der Waals surface area contributed by atoms with Crippen LogP contribution in [0.1, 0.15) is 10.4 Å². The number of hydrogen-bond acceptors (Lipinski definition) is 6. The molecule has 1 N–H and O–H groups in total. The van der Waals surface area contributed by atoms with Crippen LogP contribution in [-0.4, -0.2) is 32.3 Å². The summed E-state index contributed by atoms with van der Waals surface area (Å²) >= 11 is 0. The highest BCUT2D eigenvalue weighted by atomic mass is 16.5. The summed E-state index contributed by atoms with van der Waals surface area (Å²) in [7, 11) is 4.50. The Morgan fingerprint density at radius 1 is 1.05 bits per heavy atom. The summed E-state index contributed by atoms with van der Waals surface area (Å²) in [6, 6.07) is 8.74. The molecule has 0 aliphatic carbocycles. The Balaban J connectivity index is 2.19. The number of anilines is 2. The number of aromatic nitrogens is 1.